The summed E-state index contributed by atoms with van der Waals surface area (Å²) >= 11 is 0. The van der Waals surface area contributed by atoms with Crippen LogP contribution in [-0.4, -0.2) is 37.1 Å². The molecule has 0 spiro atoms. The predicted octanol–water partition coefficient (Wildman–Crippen LogP) is 18.2. The van der Waals surface area contributed by atoms with Crippen LogP contribution < -0.4 is 39.3 Å². The van der Waals surface area contributed by atoms with Crippen molar-refractivity contribution in [3.8, 4) is 34.5 Å². The lowest BCUT2D eigenvalue weighted by atomic mass is 10.0. The maximum atomic E-state index is 12.9. The normalized spacial score (nSPS) is 11.0. The van der Waals surface area contributed by atoms with E-state index in [0.29, 0.717) is 48.7 Å². The molecule has 0 saturated carbocycles. The van der Waals surface area contributed by atoms with Crippen LogP contribution in [0.1, 0.15) is 266 Å². The largest absolute Gasteiger partial charge is 0.494 e. The quantitative estimate of drug-likeness (QED) is 0.0305. The van der Waals surface area contributed by atoms with Gasteiger partial charge in [-0.2, -0.15) is 0 Å². The molecule has 0 aliphatic rings. The Morgan fingerprint density at radius 2 is 0.537 bits per heavy atom. The van der Waals surface area contributed by atoms with E-state index in [1.54, 1.807) is 48.5 Å². The van der Waals surface area contributed by atoms with Crippen LogP contribution in [0, 0.1) is 0 Å². The summed E-state index contributed by atoms with van der Waals surface area (Å²) in [7, 11) is 0. The second-order valence-corrected chi connectivity index (χ2v) is 21.9. The number of carbonyl (C=O) groups is 4. The Morgan fingerprint density at radius 3 is 0.841 bits per heavy atom. The van der Waals surface area contributed by atoms with E-state index in [1.165, 1.54) is 190 Å². The summed E-state index contributed by atoms with van der Waals surface area (Å²) in [6.45, 7) is 5.77. The molecule has 450 valence electrons. The molecule has 0 aliphatic carbocycles. The average molecular weight is 1130 g/mol. The number of esters is 4. The molecule has 0 unspecified atom stereocenters. The number of ether oxygens (including phenoxy) is 6. The van der Waals surface area contributed by atoms with E-state index in [1.807, 2.05) is 0 Å². The number of hydrogen-bond donors (Lipinski definition) is 0. The van der Waals surface area contributed by atoms with Gasteiger partial charge in [0.1, 0.15) is 23.0 Å². The summed E-state index contributed by atoms with van der Waals surface area (Å²) in [5.74, 6) is -0.826. The maximum Gasteiger partial charge on any atom is 0.343 e. The van der Waals surface area contributed by atoms with Crippen molar-refractivity contribution in [2.24, 2.45) is 0 Å². The van der Waals surface area contributed by atoms with Gasteiger partial charge in [-0.3, -0.25) is 19.2 Å². The molecule has 0 amide bonds. The van der Waals surface area contributed by atoms with Gasteiger partial charge in [0, 0.05) is 12.8 Å². The van der Waals surface area contributed by atoms with Crippen molar-refractivity contribution in [1.29, 1.82) is 0 Å². The minimum atomic E-state index is -0.588. The first-order valence-corrected chi connectivity index (χ1v) is 31.8. The van der Waals surface area contributed by atoms with Gasteiger partial charge in [0.2, 0.25) is 10.9 Å². The van der Waals surface area contributed by atoms with Gasteiger partial charge >= 0.3 is 23.9 Å². The molecule has 0 heterocycles. The van der Waals surface area contributed by atoms with Crippen molar-refractivity contribution in [3.63, 3.8) is 0 Å². The molecule has 0 atom stereocenters. The van der Waals surface area contributed by atoms with Crippen molar-refractivity contribution in [1.82, 2.24) is 0 Å². The van der Waals surface area contributed by atoms with E-state index in [4.69, 9.17) is 28.4 Å². The number of hydrogen-bond acceptors (Lipinski definition) is 12. The first kappa shape index (κ1) is 68.2. The van der Waals surface area contributed by atoms with Crippen LogP contribution in [0.5, 0.6) is 34.5 Å². The van der Waals surface area contributed by atoms with E-state index >= 15 is 0 Å². The summed E-state index contributed by atoms with van der Waals surface area (Å²) in [4.78, 5) is 76.3. The molecule has 0 saturated heterocycles. The molecule has 12 heteroatoms. The van der Waals surface area contributed by atoms with Crippen LogP contribution >= 0.6 is 0 Å². The Bertz CT molecular complexity index is 2330. The second kappa shape index (κ2) is 44.3. The molecule has 0 aromatic heterocycles. The molecule has 4 aromatic rings. The number of carbonyl (C=O) groups excluding carboxylic acids is 4. The third-order valence-corrected chi connectivity index (χ3v) is 14.7. The molecule has 0 bridgehead atoms. The Morgan fingerprint density at radius 1 is 0.280 bits per heavy atom. The second-order valence-electron chi connectivity index (χ2n) is 21.9. The van der Waals surface area contributed by atoms with Crippen LogP contribution in [0.15, 0.2) is 107 Å². The third-order valence-electron chi connectivity index (χ3n) is 14.7. The van der Waals surface area contributed by atoms with E-state index < -0.39 is 34.7 Å². The number of rotatable bonds is 47. The van der Waals surface area contributed by atoms with Gasteiger partial charge in [0.05, 0.1) is 24.3 Å². The van der Waals surface area contributed by atoms with Crippen molar-refractivity contribution in [2.45, 2.75) is 245 Å². The van der Waals surface area contributed by atoms with Crippen molar-refractivity contribution >= 4 is 23.9 Å². The van der Waals surface area contributed by atoms with Crippen LogP contribution in [0.2, 0.25) is 0 Å². The topological polar surface area (TPSA) is 158 Å². The van der Waals surface area contributed by atoms with Gasteiger partial charge in [-0.05, 0) is 123 Å². The molecule has 82 heavy (non-hydrogen) atoms. The first-order chi connectivity index (χ1) is 40.1. The zero-order valence-corrected chi connectivity index (χ0v) is 50.0. The first-order valence-electron chi connectivity index (χ1n) is 31.8. The Hall–Kier alpha value is -6.30. The Kier molecular flexibility index (Phi) is 36.8. The highest BCUT2D eigenvalue weighted by Gasteiger charge is 2.14. The van der Waals surface area contributed by atoms with Crippen LogP contribution in [0.25, 0.3) is 0 Å². The van der Waals surface area contributed by atoms with Gasteiger partial charge in [-0.25, -0.2) is 9.59 Å². The molecule has 0 radical (unpaired) electrons. The smallest absolute Gasteiger partial charge is 0.343 e. The molecule has 0 N–H and O–H groups in total. The SMILES string of the molecule is CCCCCCCCCCCCCCCOc1ccc(C(=O)Oc2ccc(OC(=O)CCCCCCCCCCC(=O)Oc3ccc(OC(=O)c4ccc(OCCCCCCCCCCCCCCC)cc4)ccc3=O)c(=O)cc2)cc1. The Balaban J connectivity index is 0.991. The highest BCUT2D eigenvalue weighted by molar-refractivity contribution is 5.91. The van der Waals surface area contributed by atoms with Crippen LogP contribution in [0.3, 0.4) is 0 Å². The zero-order valence-electron chi connectivity index (χ0n) is 50.0. The molecule has 4 aromatic carbocycles. The third kappa shape index (κ3) is 31.8. The summed E-state index contributed by atoms with van der Waals surface area (Å²) < 4.78 is 33.6. The zero-order chi connectivity index (χ0) is 58.5. The lowest BCUT2D eigenvalue weighted by Gasteiger charge is -2.07. The minimum absolute atomic E-state index is 0.140. The van der Waals surface area contributed by atoms with E-state index in [9.17, 15) is 28.8 Å². The van der Waals surface area contributed by atoms with Crippen LogP contribution in [0.4, 0.5) is 0 Å². The fourth-order valence-corrected chi connectivity index (χ4v) is 9.65. The molecule has 12 nitrogen and oxygen atoms in total. The van der Waals surface area contributed by atoms with E-state index in [-0.39, 0.29) is 35.8 Å². The molecular weight excluding hydrogens is 1030 g/mol. The Labute approximate surface area is 490 Å². The van der Waals surface area contributed by atoms with Crippen molar-refractivity contribution in [2.75, 3.05) is 13.2 Å². The van der Waals surface area contributed by atoms with Crippen LogP contribution in [-0.2, 0) is 9.59 Å². The molecule has 0 fully saturated rings. The standard InChI is InChI=1S/C70H98O12/c1-3-5-7-9-11-13-15-17-19-23-27-31-35-55-77-59-43-39-57(40-44-59)69(75)79-61-47-51-63(71)65(53-49-61)81-67(73)37-33-29-25-21-22-26-30-34-38-68(74)82-66-54-50-62(48-52-64(66)72)80-70(76)58-41-45-60(46-42-58)78-56-36-32-28-24-20-18-16-14-12-10-8-6-4-2/h39-54H,3-38,55-56H2,1-2H3. The lowest BCUT2D eigenvalue weighted by molar-refractivity contribution is -0.135. The van der Waals surface area contributed by atoms with E-state index in [0.717, 1.165) is 64.2 Å². The molecular formula is C70H98O12. The van der Waals surface area contributed by atoms with E-state index in [2.05, 4.69) is 13.8 Å². The number of benzene rings is 2. The van der Waals surface area contributed by atoms with Gasteiger partial charge in [-0.1, -0.05) is 206 Å². The average Bonchev–Trinajstić information content (AvgIpc) is 3.79. The summed E-state index contributed by atoms with van der Waals surface area (Å²) in [6.07, 6.45) is 40.6. The van der Waals surface area contributed by atoms with Gasteiger partial charge in [0.25, 0.3) is 0 Å². The minimum Gasteiger partial charge on any atom is -0.494 e. The maximum absolute atomic E-state index is 12.9. The predicted molar refractivity (Wildman–Crippen MR) is 328 cm³/mol. The number of unbranched alkanes of at least 4 members (excludes halogenated alkanes) is 31. The monoisotopic (exact) mass is 1130 g/mol. The highest BCUT2D eigenvalue weighted by Crippen LogP contribution is 2.21. The molecule has 4 rings (SSSR count). The van der Waals surface area contributed by atoms with Gasteiger partial charge in [0.15, 0.2) is 11.5 Å². The fraction of sp³-hybridized carbons (Fsp3) is 0.571. The fourth-order valence-electron chi connectivity index (χ4n) is 9.65. The van der Waals surface area contributed by atoms with Gasteiger partial charge in [-0.15, -0.1) is 0 Å². The van der Waals surface area contributed by atoms with Gasteiger partial charge < -0.3 is 28.4 Å². The lowest BCUT2D eigenvalue weighted by Crippen LogP contribution is -2.12. The highest BCUT2D eigenvalue weighted by atomic mass is 16.6. The summed E-state index contributed by atoms with van der Waals surface area (Å²) in [6, 6.07) is 24.3. The van der Waals surface area contributed by atoms with Crippen molar-refractivity contribution < 1.29 is 47.6 Å². The summed E-state index contributed by atoms with van der Waals surface area (Å²) in [5.41, 5.74) is -0.345. The summed E-state index contributed by atoms with van der Waals surface area (Å²) in [5, 5.41) is 0. The molecule has 0 aliphatic heterocycles. The van der Waals surface area contributed by atoms with Crippen molar-refractivity contribution in [3.05, 3.63) is 129 Å².